The number of hydrogen-bond acceptors (Lipinski definition) is 7. The molecule has 1 aliphatic heterocycles. The maximum atomic E-state index is 13.5. The third-order valence-electron chi connectivity index (χ3n) is 7.61. The van der Waals surface area contributed by atoms with Crippen molar-refractivity contribution >= 4 is 28.3 Å². The minimum atomic E-state index is -0.682. The molecule has 9 heteroatoms. The number of aliphatic carboxylic acids is 1. The lowest BCUT2D eigenvalue weighted by molar-refractivity contribution is -0.143. The summed E-state index contributed by atoms with van der Waals surface area (Å²) in [5, 5.41) is 19.6. The molecule has 1 N–H and O–H groups in total. The largest absolute Gasteiger partial charge is 0.497 e. The van der Waals surface area contributed by atoms with E-state index < -0.39 is 5.97 Å². The van der Waals surface area contributed by atoms with Crippen LogP contribution in [0.25, 0.3) is 10.6 Å². The van der Waals surface area contributed by atoms with Crippen LogP contribution in [-0.2, 0) is 11.3 Å². The van der Waals surface area contributed by atoms with Crippen molar-refractivity contribution in [3.63, 3.8) is 0 Å². The van der Waals surface area contributed by atoms with Gasteiger partial charge in [-0.05, 0) is 106 Å². The minimum absolute atomic E-state index is 0.0899. The van der Waals surface area contributed by atoms with E-state index in [0.717, 1.165) is 43.0 Å². The molecule has 8 nitrogen and oxygen atoms in total. The van der Waals surface area contributed by atoms with Crippen LogP contribution in [0.3, 0.4) is 0 Å². The molecule has 1 saturated heterocycles. The number of aryl methyl sites for hydroxylation is 2. The number of likely N-dealkylation sites (tertiary alicyclic amines) is 1. The Bertz CT molecular complexity index is 1300. The van der Waals surface area contributed by atoms with Crippen molar-refractivity contribution in [1.29, 1.82) is 0 Å². The number of ether oxygens (including phenoxy) is 1. The van der Waals surface area contributed by atoms with Crippen molar-refractivity contribution in [3.8, 4) is 16.3 Å². The van der Waals surface area contributed by atoms with E-state index in [-0.39, 0.29) is 11.8 Å². The topological polar surface area (TPSA) is 95.9 Å². The summed E-state index contributed by atoms with van der Waals surface area (Å²) >= 11 is 1.44. The number of carbonyl (C=O) groups is 2. The lowest BCUT2D eigenvalue weighted by Gasteiger charge is -2.31. The number of carboxylic acid groups (broad SMARTS) is 1. The molecule has 1 amide bonds. The van der Waals surface area contributed by atoms with E-state index in [1.54, 1.807) is 18.1 Å². The molecule has 3 aromatic rings. The second-order valence-electron chi connectivity index (χ2n) is 10.5. The highest BCUT2D eigenvalue weighted by atomic mass is 32.1. The number of carboxylic acids is 1. The molecule has 0 spiro atoms. The summed E-state index contributed by atoms with van der Waals surface area (Å²) in [6.07, 6.45) is 3.65. The lowest BCUT2D eigenvalue weighted by Crippen LogP contribution is -2.36. The van der Waals surface area contributed by atoms with Crippen LogP contribution in [-0.4, -0.2) is 58.8 Å². The van der Waals surface area contributed by atoms with Crippen LogP contribution in [0.15, 0.2) is 36.4 Å². The Hall–Kier alpha value is -3.30. The number of benzene rings is 2. The first-order valence-corrected chi connectivity index (χ1v) is 14.0. The Morgan fingerprint density at radius 1 is 1.08 bits per heavy atom. The number of amides is 1. The molecule has 2 aromatic carbocycles. The molecule has 1 aromatic heterocycles. The van der Waals surface area contributed by atoms with E-state index in [2.05, 4.69) is 41.1 Å². The Kier molecular flexibility index (Phi) is 7.76. The normalized spacial score (nSPS) is 16.4. The molecule has 1 saturated carbocycles. The van der Waals surface area contributed by atoms with Gasteiger partial charge in [0.05, 0.1) is 13.0 Å². The number of carbonyl (C=O) groups excluding carboxylic acids is 1. The quantitative estimate of drug-likeness (QED) is 0.404. The average Bonchev–Trinajstić information content (AvgIpc) is 3.62. The highest BCUT2D eigenvalue weighted by Gasteiger charge is 2.31. The van der Waals surface area contributed by atoms with E-state index in [0.29, 0.717) is 41.7 Å². The maximum absolute atomic E-state index is 13.5. The predicted molar refractivity (Wildman–Crippen MR) is 148 cm³/mol. The van der Waals surface area contributed by atoms with Crippen LogP contribution >= 0.6 is 11.3 Å². The predicted octanol–water partition coefficient (Wildman–Crippen LogP) is 5.18. The molecule has 2 fully saturated rings. The molecule has 0 bridgehead atoms. The van der Waals surface area contributed by atoms with E-state index >= 15 is 0 Å². The fourth-order valence-corrected chi connectivity index (χ4v) is 5.93. The van der Waals surface area contributed by atoms with Gasteiger partial charge in [0.15, 0.2) is 0 Å². The molecule has 2 aliphatic rings. The van der Waals surface area contributed by atoms with Crippen LogP contribution in [0, 0.1) is 25.7 Å². The van der Waals surface area contributed by atoms with E-state index in [9.17, 15) is 14.7 Å². The number of anilines is 1. The number of rotatable bonds is 9. The Balaban J connectivity index is 1.34. The van der Waals surface area contributed by atoms with Crippen LogP contribution in [0.4, 0.5) is 5.13 Å². The second kappa shape index (κ2) is 11.2. The molecule has 0 atom stereocenters. The standard InChI is InChI=1S/C29H34N4O4S/c1-18-13-23(14-19(2)25(18)17-32-11-9-21(10-12-32)28(35)36)26-30-31-29(38-26)33(16-20-7-8-20)27(34)22-5-4-6-24(15-22)37-3/h4-6,13-15,20-21H,7-12,16-17H2,1-3H3,(H,35,36). The molecule has 0 radical (unpaired) electrons. The molecular formula is C29H34N4O4S. The summed E-state index contributed by atoms with van der Waals surface area (Å²) < 4.78 is 5.32. The smallest absolute Gasteiger partial charge is 0.306 e. The van der Waals surface area contributed by atoms with Gasteiger partial charge in [0.25, 0.3) is 5.91 Å². The van der Waals surface area contributed by atoms with Gasteiger partial charge in [-0.1, -0.05) is 17.4 Å². The molecule has 2 heterocycles. The van der Waals surface area contributed by atoms with E-state index in [1.165, 1.54) is 28.0 Å². The maximum Gasteiger partial charge on any atom is 0.306 e. The lowest BCUT2D eigenvalue weighted by atomic mass is 9.95. The number of hydrogen-bond donors (Lipinski definition) is 1. The fraction of sp³-hybridized carbons (Fsp3) is 0.448. The molecular weight excluding hydrogens is 500 g/mol. The Morgan fingerprint density at radius 2 is 1.79 bits per heavy atom. The Morgan fingerprint density at radius 3 is 2.42 bits per heavy atom. The second-order valence-corrected chi connectivity index (χ2v) is 11.4. The SMILES string of the molecule is COc1cccc(C(=O)N(CC2CC2)c2nnc(-c3cc(C)c(CN4CCC(C(=O)O)CC4)c(C)c3)s2)c1. The van der Waals surface area contributed by atoms with Gasteiger partial charge < -0.3 is 9.84 Å². The summed E-state index contributed by atoms with van der Waals surface area (Å²) in [7, 11) is 1.60. The number of methoxy groups -OCH3 is 1. The summed E-state index contributed by atoms with van der Waals surface area (Å²) in [5.41, 5.74) is 5.21. The monoisotopic (exact) mass is 534 g/mol. The number of piperidine rings is 1. The van der Waals surface area contributed by atoms with Crippen molar-refractivity contribution in [2.45, 2.75) is 46.1 Å². The highest BCUT2D eigenvalue weighted by molar-refractivity contribution is 7.18. The zero-order chi connectivity index (χ0) is 26.8. The molecule has 38 heavy (non-hydrogen) atoms. The molecule has 1 aliphatic carbocycles. The molecule has 200 valence electrons. The van der Waals surface area contributed by atoms with Crippen molar-refractivity contribution in [2.75, 3.05) is 31.6 Å². The number of nitrogens with zero attached hydrogens (tertiary/aromatic N) is 4. The van der Waals surface area contributed by atoms with Gasteiger partial charge in [-0.2, -0.15) is 0 Å². The zero-order valence-corrected chi connectivity index (χ0v) is 23.0. The van der Waals surface area contributed by atoms with Crippen LogP contribution in [0.1, 0.15) is 52.7 Å². The van der Waals surface area contributed by atoms with E-state index in [4.69, 9.17) is 4.74 Å². The van der Waals surface area contributed by atoms with Gasteiger partial charge in [-0.15, -0.1) is 10.2 Å². The van der Waals surface area contributed by atoms with Crippen molar-refractivity contribution in [2.24, 2.45) is 11.8 Å². The fourth-order valence-electron chi connectivity index (χ4n) is 5.09. The van der Waals surface area contributed by atoms with Gasteiger partial charge in [-0.25, -0.2) is 0 Å². The van der Waals surface area contributed by atoms with Gasteiger partial charge in [-0.3, -0.25) is 19.4 Å². The number of aromatic nitrogens is 2. The van der Waals surface area contributed by atoms with Gasteiger partial charge >= 0.3 is 5.97 Å². The van der Waals surface area contributed by atoms with Crippen LogP contribution in [0.5, 0.6) is 5.75 Å². The summed E-state index contributed by atoms with van der Waals surface area (Å²) in [4.78, 5) is 28.9. The Labute approximate surface area is 227 Å². The first-order valence-electron chi connectivity index (χ1n) is 13.2. The summed E-state index contributed by atoms with van der Waals surface area (Å²) in [5.74, 6) is 0.156. The van der Waals surface area contributed by atoms with Crippen LogP contribution in [0.2, 0.25) is 0 Å². The zero-order valence-electron chi connectivity index (χ0n) is 22.1. The first-order chi connectivity index (χ1) is 18.3. The van der Waals surface area contributed by atoms with Crippen molar-refractivity contribution < 1.29 is 19.4 Å². The van der Waals surface area contributed by atoms with Crippen molar-refractivity contribution in [1.82, 2.24) is 15.1 Å². The highest BCUT2D eigenvalue weighted by Crippen LogP contribution is 2.36. The molecule has 5 rings (SSSR count). The van der Waals surface area contributed by atoms with E-state index in [1.807, 2.05) is 18.2 Å². The third-order valence-corrected chi connectivity index (χ3v) is 8.60. The van der Waals surface area contributed by atoms with Crippen LogP contribution < -0.4 is 9.64 Å². The minimum Gasteiger partial charge on any atom is -0.497 e. The first kappa shape index (κ1) is 26.3. The third kappa shape index (κ3) is 5.89. The summed E-state index contributed by atoms with van der Waals surface area (Å²) in [6, 6.07) is 11.5. The molecule has 0 unspecified atom stereocenters. The van der Waals surface area contributed by atoms with Gasteiger partial charge in [0.1, 0.15) is 10.8 Å². The summed E-state index contributed by atoms with van der Waals surface area (Å²) in [6.45, 7) is 7.29. The van der Waals surface area contributed by atoms with Gasteiger partial charge in [0.2, 0.25) is 5.13 Å². The van der Waals surface area contributed by atoms with Gasteiger partial charge in [0, 0.05) is 24.2 Å². The van der Waals surface area contributed by atoms with Crippen molar-refractivity contribution in [3.05, 3.63) is 58.7 Å². The average molecular weight is 535 g/mol.